The van der Waals surface area contributed by atoms with Crippen LogP contribution in [0.1, 0.15) is 43.2 Å². The molecule has 0 saturated carbocycles. The van der Waals surface area contributed by atoms with Gasteiger partial charge in [0.15, 0.2) is 5.54 Å². The van der Waals surface area contributed by atoms with Crippen molar-refractivity contribution < 1.29 is 33.8 Å². The molecule has 0 spiro atoms. The zero-order valence-electron chi connectivity index (χ0n) is 19.8. The van der Waals surface area contributed by atoms with Crippen LogP contribution in [0.25, 0.3) is 0 Å². The van der Waals surface area contributed by atoms with Crippen molar-refractivity contribution in [1.82, 2.24) is 15.5 Å². The van der Waals surface area contributed by atoms with Crippen LogP contribution in [-0.2, 0) is 29.5 Å². The second kappa shape index (κ2) is 12.5. The monoisotopic (exact) mass is 495 g/mol. The maximum Gasteiger partial charge on any atom is 0.325 e. The van der Waals surface area contributed by atoms with Crippen molar-refractivity contribution in [3.8, 4) is 0 Å². The highest BCUT2D eigenvalue weighted by Gasteiger charge is 2.53. The van der Waals surface area contributed by atoms with Gasteiger partial charge >= 0.3 is 18.0 Å². The number of carbonyl (C=O) groups is 5. The first kappa shape index (κ1) is 26.4. The van der Waals surface area contributed by atoms with Crippen LogP contribution in [0.3, 0.4) is 0 Å². The molecule has 0 atom stereocenters. The molecular formula is C26H29N3O7. The van der Waals surface area contributed by atoms with E-state index in [1.165, 1.54) is 4.90 Å². The molecule has 1 saturated heterocycles. The van der Waals surface area contributed by atoms with Gasteiger partial charge in [0.05, 0.1) is 19.4 Å². The lowest BCUT2D eigenvalue weighted by Gasteiger charge is -2.28. The van der Waals surface area contributed by atoms with Crippen LogP contribution >= 0.6 is 0 Å². The molecule has 0 bridgehead atoms. The Labute approximate surface area is 208 Å². The number of carbonyl (C=O) groups excluding carboxylic acids is 4. The Hall–Kier alpha value is -4.21. The van der Waals surface area contributed by atoms with Gasteiger partial charge in [-0.2, -0.15) is 0 Å². The number of carboxylic acid groups (broad SMARTS) is 1. The number of rotatable bonds is 13. The van der Waals surface area contributed by atoms with E-state index in [9.17, 15) is 24.0 Å². The van der Waals surface area contributed by atoms with Gasteiger partial charge in [0.25, 0.3) is 5.91 Å². The highest BCUT2D eigenvalue weighted by molar-refractivity contribution is 6.09. The molecule has 0 unspecified atom stereocenters. The SMILES string of the molecule is O=C(O)CCC(=O)OCCNC(=O)CCCCN1C(=O)NC(c2ccccc2)(c2ccccc2)C1=O. The Morgan fingerprint density at radius 3 is 2.08 bits per heavy atom. The number of benzene rings is 2. The Morgan fingerprint density at radius 2 is 1.50 bits per heavy atom. The number of carboxylic acids is 1. The summed E-state index contributed by atoms with van der Waals surface area (Å²) < 4.78 is 4.85. The van der Waals surface area contributed by atoms with E-state index < -0.39 is 23.5 Å². The zero-order valence-corrected chi connectivity index (χ0v) is 19.8. The van der Waals surface area contributed by atoms with Gasteiger partial charge < -0.3 is 20.5 Å². The van der Waals surface area contributed by atoms with E-state index in [1.54, 1.807) is 0 Å². The van der Waals surface area contributed by atoms with E-state index in [4.69, 9.17) is 9.84 Å². The number of esters is 1. The summed E-state index contributed by atoms with van der Waals surface area (Å²) in [6.07, 6.45) is 0.545. The molecule has 10 nitrogen and oxygen atoms in total. The smallest absolute Gasteiger partial charge is 0.325 e. The van der Waals surface area contributed by atoms with E-state index in [1.807, 2.05) is 60.7 Å². The summed E-state index contributed by atoms with van der Waals surface area (Å²) in [7, 11) is 0. The molecule has 0 aromatic heterocycles. The maximum absolute atomic E-state index is 13.6. The number of aliphatic carboxylic acids is 1. The fraction of sp³-hybridized carbons (Fsp3) is 0.346. The highest BCUT2D eigenvalue weighted by Crippen LogP contribution is 2.36. The van der Waals surface area contributed by atoms with Gasteiger partial charge in [-0.25, -0.2) is 4.79 Å². The molecule has 10 heteroatoms. The summed E-state index contributed by atoms with van der Waals surface area (Å²) in [4.78, 5) is 61.4. The lowest BCUT2D eigenvalue weighted by Crippen LogP contribution is -2.45. The van der Waals surface area contributed by atoms with Crippen LogP contribution in [-0.4, -0.2) is 59.5 Å². The van der Waals surface area contributed by atoms with Gasteiger partial charge in [0.2, 0.25) is 5.91 Å². The van der Waals surface area contributed by atoms with Crippen molar-refractivity contribution >= 4 is 29.8 Å². The number of hydrogen-bond acceptors (Lipinski definition) is 6. The summed E-state index contributed by atoms with van der Waals surface area (Å²) >= 11 is 0. The third-order valence-corrected chi connectivity index (χ3v) is 5.78. The Kier molecular flexibility index (Phi) is 9.15. The van der Waals surface area contributed by atoms with E-state index in [0.717, 1.165) is 0 Å². The fourth-order valence-electron chi connectivity index (χ4n) is 3.99. The number of urea groups is 1. The van der Waals surface area contributed by atoms with Crippen molar-refractivity contribution in [2.24, 2.45) is 0 Å². The maximum atomic E-state index is 13.6. The highest BCUT2D eigenvalue weighted by atomic mass is 16.5. The molecule has 3 N–H and O–H groups in total. The van der Waals surface area contributed by atoms with Crippen molar-refractivity contribution in [1.29, 1.82) is 0 Å². The summed E-state index contributed by atoms with van der Waals surface area (Å²) in [5.41, 5.74) is 0.0268. The van der Waals surface area contributed by atoms with Crippen LogP contribution in [0.5, 0.6) is 0 Å². The van der Waals surface area contributed by atoms with Crippen LogP contribution in [0.15, 0.2) is 60.7 Å². The minimum absolute atomic E-state index is 0.0479. The minimum Gasteiger partial charge on any atom is -0.481 e. The number of amides is 4. The van der Waals surface area contributed by atoms with E-state index >= 15 is 0 Å². The third kappa shape index (κ3) is 6.47. The Balaban J connectivity index is 1.48. The van der Waals surface area contributed by atoms with Gasteiger partial charge in [0, 0.05) is 13.0 Å². The molecule has 190 valence electrons. The predicted molar refractivity (Wildman–Crippen MR) is 129 cm³/mol. The molecular weight excluding hydrogens is 466 g/mol. The predicted octanol–water partition coefficient (Wildman–Crippen LogP) is 2.18. The van der Waals surface area contributed by atoms with Crippen LogP contribution in [0, 0.1) is 0 Å². The molecule has 2 aromatic carbocycles. The fourth-order valence-corrected chi connectivity index (χ4v) is 3.99. The molecule has 1 aliphatic heterocycles. The Morgan fingerprint density at radius 1 is 0.889 bits per heavy atom. The van der Waals surface area contributed by atoms with E-state index in [2.05, 4.69) is 10.6 Å². The average molecular weight is 496 g/mol. The topological polar surface area (TPSA) is 142 Å². The molecule has 4 amide bonds. The second-order valence-corrected chi connectivity index (χ2v) is 8.29. The summed E-state index contributed by atoms with van der Waals surface area (Å²) in [5.74, 6) is -2.34. The molecule has 36 heavy (non-hydrogen) atoms. The molecule has 2 aromatic rings. The first-order valence-electron chi connectivity index (χ1n) is 11.7. The normalized spacial score (nSPS) is 14.3. The summed E-state index contributed by atoms with van der Waals surface area (Å²) in [5, 5.41) is 14.0. The largest absolute Gasteiger partial charge is 0.481 e. The first-order valence-corrected chi connectivity index (χ1v) is 11.7. The van der Waals surface area contributed by atoms with E-state index in [-0.39, 0.29) is 50.8 Å². The summed E-state index contributed by atoms with van der Waals surface area (Å²) in [6, 6.07) is 17.7. The number of imide groups is 1. The van der Waals surface area contributed by atoms with Gasteiger partial charge in [-0.1, -0.05) is 60.7 Å². The standard InChI is InChI=1S/C26H29N3O7/c30-21(27-16-18-36-23(33)15-14-22(31)32)13-7-8-17-29-24(34)26(28-25(29)35,19-9-3-1-4-10-19)20-11-5-2-6-12-20/h1-6,9-12H,7-8,13-18H2,(H,27,30)(H,28,35)(H,31,32). The lowest BCUT2D eigenvalue weighted by atomic mass is 9.82. The third-order valence-electron chi connectivity index (χ3n) is 5.78. The number of hydrogen-bond donors (Lipinski definition) is 3. The van der Waals surface area contributed by atoms with Gasteiger partial charge in [-0.3, -0.25) is 24.1 Å². The molecule has 3 rings (SSSR count). The molecule has 0 radical (unpaired) electrons. The lowest BCUT2D eigenvalue weighted by molar-refractivity contribution is -0.147. The number of nitrogens with one attached hydrogen (secondary N) is 2. The minimum atomic E-state index is -1.31. The number of nitrogens with zero attached hydrogens (tertiary/aromatic N) is 1. The Bertz CT molecular complexity index is 1050. The molecule has 1 aliphatic rings. The number of ether oxygens (including phenoxy) is 1. The second-order valence-electron chi connectivity index (χ2n) is 8.29. The molecule has 1 heterocycles. The molecule has 0 aliphatic carbocycles. The summed E-state index contributed by atoms with van der Waals surface area (Å²) in [6.45, 7) is 0.232. The number of unbranched alkanes of at least 4 members (excludes halogenated alkanes) is 1. The van der Waals surface area contributed by atoms with Crippen molar-refractivity contribution in [2.75, 3.05) is 19.7 Å². The van der Waals surface area contributed by atoms with Gasteiger partial charge in [-0.05, 0) is 24.0 Å². The average Bonchev–Trinajstić information content (AvgIpc) is 3.14. The van der Waals surface area contributed by atoms with E-state index in [0.29, 0.717) is 24.0 Å². The first-order chi connectivity index (χ1) is 17.3. The van der Waals surface area contributed by atoms with Gasteiger partial charge in [-0.15, -0.1) is 0 Å². The van der Waals surface area contributed by atoms with Crippen molar-refractivity contribution in [3.05, 3.63) is 71.8 Å². The quantitative estimate of drug-likeness (QED) is 0.220. The molecule has 1 fully saturated rings. The van der Waals surface area contributed by atoms with Crippen molar-refractivity contribution in [2.45, 2.75) is 37.6 Å². The van der Waals surface area contributed by atoms with Crippen LogP contribution in [0.4, 0.5) is 4.79 Å². The zero-order chi connectivity index (χ0) is 26.0. The van der Waals surface area contributed by atoms with Crippen LogP contribution in [0.2, 0.25) is 0 Å². The van der Waals surface area contributed by atoms with Crippen molar-refractivity contribution in [3.63, 3.8) is 0 Å². The van der Waals surface area contributed by atoms with Gasteiger partial charge in [0.1, 0.15) is 6.61 Å². The van der Waals surface area contributed by atoms with Crippen LogP contribution < -0.4 is 10.6 Å².